The van der Waals surface area contributed by atoms with Crippen molar-refractivity contribution in [1.82, 2.24) is 55.3 Å². The molecule has 2 N–H and O–H groups in total. The Kier molecular flexibility index (Phi) is 3.79. The van der Waals surface area contributed by atoms with E-state index in [0.29, 0.717) is 46.1 Å². The Morgan fingerprint density at radius 2 is 1.11 bits per heavy atom. The summed E-state index contributed by atoms with van der Waals surface area (Å²) < 4.78 is 0. The molecule has 11 heteroatoms. The molecule has 5 aromatic rings. The van der Waals surface area contributed by atoms with Gasteiger partial charge >= 0.3 is 0 Å². The highest BCUT2D eigenvalue weighted by atomic mass is 15.2. The summed E-state index contributed by atoms with van der Waals surface area (Å²) >= 11 is 0. The Morgan fingerprint density at radius 1 is 0.571 bits per heavy atom. The van der Waals surface area contributed by atoms with E-state index in [9.17, 15) is 0 Å². The Balaban J connectivity index is 1.46. The maximum atomic E-state index is 4.59. The first kappa shape index (κ1) is 15.8. The van der Waals surface area contributed by atoms with Gasteiger partial charge in [0.1, 0.15) is 22.8 Å². The minimum absolute atomic E-state index is 0.444. The summed E-state index contributed by atoms with van der Waals surface area (Å²) in [4.78, 5) is 29.9. The molecule has 11 nitrogen and oxygen atoms in total. The summed E-state index contributed by atoms with van der Waals surface area (Å²) in [5, 5.41) is 14.1. The zero-order chi connectivity index (χ0) is 18.8. The monoisotopic (exact) mass is 369 g/mol. The number of H-pyrrole nitrogens is 2. The second kappa shape index (κ2) is 6.72. The molecule has 0 saturated carbocycles. The van der Waals surface area contributed by atoms with E-state index in [-0.39, 0.29) is 0 Å². The van der Waals surface area contributed by atoms with Crippen LogP contribution in [0, 0.1) is 0 Å². The van der Waals surface area contributed by atoms with Crippen molar-refractivity contribution < 1.29 is 0 Å². The van der Waals surface area contributed by atoms with Gasteiger partial charge in [-0.3, -0.25) is 20.2 Å². The molecule has 0 aromatic carbocycles. The number of hydrogen-bond acceptors (Lipinski definition) is 9. The number of rotatable bonds is 4. The lowest BCUT2D eigenvalue weighted by molar-refractivity contribution is 1.07. The van der Waals surface area contributed by atoms with E-state index in [4.69, 9.17) is 0 Å². The number of nitrogens with zero attached hydrogens (tertiary/aromatic N) is 9. The van der Waals surface area contributed by atoms with E-state index in [0.717, 1.165) is 0 Å². The van der Waals surface area contributed by atoms with Crippen molar-refractivity contribution in [2.75, 3.05) is 0 Å². The Hall–Kier alpha value is -4.41. The summed E-state index contributed by atoms with van der Waals surface area (Å²) in [6.45, 7) is 0. The Bertz CT molecular complexity index is 1120. The number of aromatic amines is 2. The van der Waals surface area contributed by atoms with Gasteiger partial charge in [-0.15, -0.1) is 0 Å². The SMILES string of the molecule is c1cc(-c2nc(-c3cnccn3)n[nH]2)nc(-c2nc(-c3cnccn3)n[nH]2)c1. The highest BCUT2D eigenvalue weighted by Crippen LogP contribution is 2.21. The van der Waals surface area contributed by atoms with Gasteiger partial charge in [0.15, 0.2) is 11.6 Å². The molecule has 0 aliphatic rings. The summed E-state index contributed by atoms with van der Waals surface area (Å²) in [5.74, 6) is 1.91. The average Bonchev–Trinajstić information content (AvgIpc) is 3.46. The fraction of sp³-hybridized carbons (Fsp3) is 0. The Morgan fingerprint density at radius 3 is 1.57 bits per heavy atom. The van der Waals surface area contributed by atoms with Crippen LogP contribution < -0.4 is 0 Å². The van der Waals surface area contributed by atoms with Crippen molar-refractivity contribution in [2.24, 2.45) is 0 Å². The lowest BCUT2D eigenvalue weighted by atomic mass is 10.3. The minimum atomic E-state index is 0.444. The second-order valence-electron chi connectivity index (χ2n) is 5.60. The van der Waals surface area contributed by atoms with Gasteiger partial charge in [-0.1, -0.05) is 6.07 Å². The van der Waals surface area contributed by atoms with Crippen LogP contribution in [0.5, 0.6) is 0 Å². The van der Waals surface area contributed by atoms with Gasteiger partial charge < -0.3 is 0 Å². The lowest BCUT2D eigenvalue weighted by Gasteiger charge is -1.99. The van der Waals surface area contributed by atoms with Crippen LogP contribution in [0.4, 0.5) is 0 Å². The van der Waals surface area contributed by atoms with E-state index in [1.807, 2.05) is 18.2 Å². The van der Waals surface area contributed by atoms with E-state index >= 15 is 0 Å². The van der Waals surface area contributed by atoms with Gasteiger partial charge in [0.05, 0.1) is 12.4 Å². The molecule has 0 aliphatic heterocycles. The third-order valence-corrected chi connectivity index (χ3v) is 3.79. The van der Waals surface area contributed by atoms with Crippen LogP contribution in [0.25, 0.3) is 46.1 Å². The molecule has 5 rings (SSSR count). The molecule has 0 unspecified atom stereocenters. The van der Waals surface area contributed by atoms with Crippen LogP contribution in [0.15, 0.2) is 55.4 Å². The molecule has 0 radical (unpaired) electrons. The number of hydrogen-bond donors (Lipinski definition) is 2. The first-order chi connectivity index (χ1) is 13.9. The Labute approximate surface area is 157 Å². The second-order valence-corrected chi connectivity index (χ2v) is 5.60. The van der Waals surface area contributed by atoms with Crippen LogP contribution in [0.1, 0.15) is 0 Å². The zero-order valence-electron chi connectivity index (χ0n) is 14.2. The maximum absolute atomic E-state index is 4.59. The van der Waals surface area contributed by atoms with Crippen LogP contribution in [-0.2, 0) is 0 Å². The molecule has 0 bridgehead atoms. The van der Waals surface area contributed by atoms with Crippen molar-refractivity contribution in [3.63, 3.8) is 0 Å². The summed E-state index contributed by atoms with van der Waals surface area (Å²) in [5.41, 5.74) is 2.37. The normalized spacial score (nSPS) is 10.9. The van der Waals surface area contributed by atoms with Gasteiger partial charge in [0.25, 0.3) is 0 Å². The van der Waals surface area contributed by atoms with E-state index in [1.165, 1.54) is 0 Å². The fourth-order valence-corrected chi connectivity index (χ4v) is 2.51. The third-order valence-electron chi connectivity index (χ3n) is 3.79. The summed E-state index contributed by atoms with van der Waals surface area (Å²) in [7, 11) is 0. The molecule has 0 fully saturated rings. The molecule has 0 atom stereocenters. The first-order valence-corrected chi connectivity index (χ1v) is 8.22. The van der Waals surface area contributed by atoms with Gasteiger partial charge in [0.2, 0.25) is 11.6 Å². The smallest absolute Gasteiger partial charge is 0.201 e. The van der Waals surface area contributed by atoms with Gasteiger partial charge in [-0.25, -0.2) is 24.9 Å². The third kappa shape index (κ3) is 2.96. The molecular weight excluding hydrogens is 358 g/mol. The van der Waals surface area contributed by atoms with Crippen molar-refractivity contribution >= 4 is 0 Å². The lowest BCUT2D eigenvalue weighted by Crippen LogP contribution is -1.91. The molecule has 0 amide bonds. The van der Waals surface area contributed by atoms with Crippen LogP contribution in [0.3, 0.4) is 0 Å². The van der Waals surface area contributed by atoms with Gasteiger partial charge in [-0.2, -0.15) is 10.2 Å². The van der Waals surface area contributed by atoms with E-state index in [2.05, 4.69) is 55.3 Å². The first-order valence-electron chi connectivity index (χ1n) is 8.22. The fourth-order valence-electron chi connectivity index (χ4n) is 2.51. The van der Waals surface area contributed by atoms with Gasteiger partial charge in [-0.05, 0) is 12.1 Å². The van der Waals surface area contributed by atoms with Crippen molar-refractivity contribution in [2.45, 2.75) is 0 Å². The topological polar surface area (TPSA) is 148 Å². The molecule has 28 heavy (non-hydrogen) atoms. The molecule has 134 valence electrons. The molecule has 0 spiro atoms. The zero-order valence-corrected chi connectivity index (χ0v) is 14.2. The highest BCUT2D eigenvalue weighted by molar-refractivity contribution is 5.60. The largest absolute Gasteiger partial charge is 0.261 e. The van der Waals surface area contributed by atoms with E-state index in [1.54, 1.807) is 37.2 Å². The minimum Gasteiger partial charge on any atom is -0.261 e. The number of nitrogens with one attached hydrogen (secondary N) is 2. The average molecular weight is 369 g/mol. The summed E-state index contributed by atoms with van der Waals surface area (Å²) in [6, 6.07) is 5.50. The molecule has 0 saturated heterocycles. The summed E-state index contributed by atoms with van der Waals surface area (Å²) in [6.07, 6.45) is 9.55. The molecule has 0 aliphatic carbocycles. The highest BCUT2D eigenvalue weighted by Gasteiger charge is 2.13. The van der Waals surface area contributed by atoms with Crippen molar-refractivity contribution in [1.29, 1.82) is 0 Å². The van der Waals surface area contributed by atoms with Crippen LogP contribution in [0.2, 0.25) is 0 Å². The maximum Gasteiger partial charge on any atom is 0.201 e. The van der Waals surface area contributed by atoms with Crippen LogP contribution in [-0.4, -0.2) is 55.3 Å². The molecule has 5 heterocycles. The van der Waals surface area contributed by atoms with E-state index < -0.39 is 0 Å². The van der Waals surface area contributed by atoms with Crippen molar-refractivity contribution in [3.8, 4) is 46.1 Å². The number of aromatic nitrogens is 11. The predicted octanol–water partition coefficient (Wildman–Crippen LogP) is 1.57. The van der Waals surface area contributed by atoms with Gasteiger partial charge in [0, 0.05) is 24.8 Å². The quantitative estimate of drug-likeness (QED) is 0.481. The van der Waals surface area contributed by atoms with Crippen molar-refractivity contribution in [3.05, 3.63) is 55.4 Å². The molecule has 5 aromatic heterocycles. The standard InChI is InChI=1S/C17H11N11/c1-2-10(14-23-16(27-25-14)12-8-18-4-6-20-12)22-11(3-1)15-24-17(28-26-15)13-9-19-5-7-21-13/h1-9H,(H,23,25,27)(H,24,26,28). The van der Waals surface area contributed by atoms with Crippen LogP contribution >= 0.6 is 0 Å². The number of pyridine rings is 1. The predicted molar refractivity (Wildman–Crippen MR) is 97.0 cm³/mol. The molecular formula is C17H11N11.